The van der Waals surface area contributed by atoms with Crippen LogP contribution in [0.1, 0.15) is 5.56 Å². The van der Waals surface area contributed by atoms with Gasteiger partial charge in [-0.25, -0.2) is 5.43 Å². The maximum absolute atomic E-state index is 12.4. The number of carbonyl (C=O) groups is 1. The molecular formula is C24H19Cl2N5O2S. The van der Waals surface area contributed by atoms with Gasteiger partial charge in [-0.1, -0.05) is 47.1 Å². The van der Waals surface area contributed by atoms with E-state index in [0.717, 1.165) is 16.8 Å². The predicted octanol–water partition coefficient (Wildman–Crippen LogP) is 5.49. The molecule has 0 fully saturated rings. The van der Waals surface area contributed by atoms with Gasteiger partial charge in [0.25, 0.3) is 5.91 Å². The molecule has 0 atom stereocenters. The summed E-state index contributed by atoms with van der Waals surface area (Å²) in [5.41, 5.74) is 4.94. The molecule has 34 heavy (non-hydrogen) atoms. The Kier molecular flexibility index (Phi) is 7.84. The molecule has 0 saturated heterocycles. The third kappa shape index (κ3) is 5.77. The van der Waals surface area contributed by atoms with Crippen molar-refractivity contribution in [2.45, 2.75) is 5.16 Å². The van der Waals surface area contributed by atoms with Crippen LogP contribution in [0.5, 0.6) is 5.75 Å². The molecule has 172 valence electrons. The number of hydrogen-bond acceptors (Lipinski definition) is 6. The lowest BCUT2D eigenvalue weighted by atomic mass is 10.2. The topological polar surface area (TPSA) is 81.4 Å². The van der Waals surface area contributed by atoms with Crippen LogP contribution in [-0.4, -0.2) is 39.7 Å². The van der Waals surface area contributed by atoms with Gasteiger partial charge in [-0.3, -0.25) is 9.36 Å². The number of para-hydroxylation sites is 1. The van der Waals surface area contributed by atoms with Crippen molar-refractivity contribution in [2.75, 3.05) is 12.9 Å². The van der Waals surface area contributed by atoms with Gasteiger partial charge in [0.15, 0.2) is 11.0 Å². The number of halogens is 2. The van der Waals surface area contributed by atoms with Gasteiger partial charge in [0, 0.05) is 26.9 Å². The van der Waals surface area contributed by atoms with Crippen molar-refractivity contribution in [3.8, 4) is 22.8 Å². The molecule has 1 N–H and O–H groups in total. The number of nitrogens with zero attached hydrogens (tertiary/aromatic N) is 4. The molecule has 4 aromatic rings. The fourth-order valence-corrected chi connectivity index (χ4v) is 4.08. The number of thioether (sulfide) groups is 1. The number of nitrogens with one attached hydrogen (secondary N) is 1. The highest BCUT2D eigenvalue weighted by molar-refractivity contribution is 7.99. The van der Waals surface area contributed by atoms with Crippen LogP contribution in [-0.2, 0) is 4.79 Å². The van der Waals surface area contributed by atoms with Crippen molar-refractivity contribution in [3.63, 3.8) is 0 Å². The molecule has 0 spiro atoms. The van der Waals surface area contributed by atoms with Crippen LogP contribution in [0.4, 0.5) is 0 Å². The van der Waals surface area contributed by atoms with E-state index in [9.17, 15) is 4.79 Å². The van der Waals surface area contributed by atoms with Crippen LogP contribution >= 0.6 is 35.0 Å². The summed E-state index contributed by atoms with van der Waals surface area (Å²) in [6, 6.07) is 22.0. The molecule has 1 aromatic heterocycles. The highest BCUT2D eigenvalue weighted by Crippen LogP contribution is 2.29. The molecule has 0 aliphatic rings. The molecule has 7 nitrogen and oxygen atoms in total. The highest BCUT2D eigenvalue weighted by Gasteiger charge is 2.17. The lowest BCUT2D eigenvalue weighted by Gasteiger charge is -2.10. The van der Waals surface area contributed by atoms with E-state index in [4.69, 9.17) is 27.9 Å². The van der Waals surface area contributed by atoms with Gasteiger partial charge >= 0.3 is 0 Å². The maximum atomic E-state index is 12.4. The molecule has 3 aromatic carbocycles. The average Bonchev–Trinajstić information content (AvgIpc) is 3.28. The third-order valence-corrected chi connectivity index (χ3v) is 6.12. The van der Waals surface area contributed by atoms with E-state index in [2.05, 4.69) is 20.7 Å². The maximum Gasteiger partial charge on any atom is 0.250 e. The van der Waals surface area contributed by atoms with Crippen LogP contribution in [0, 0.1) is 0 Å². The van der Waals surface area contributed by atoms with Gasteiger partial charge in [0.05, 0.1) is 19.1 Å². The smallest absolute Gasteiger partial charge is 0.250 e. The first-order valence-electron chi connectivity index (χ1n) is 10.1. The molecule has 1 amide bonds. The molecule has 0 unspecified atom stereocenters. The van der Waals surface area contributed by atoms with Crippen LogP contribution in [0.15, 0.2) is 83.1 Å². The quantitative estimate of drug-likeness (QED) is 0.192. The number of hydrogen-bond donors (Lipinski definition) is 1. The zero-order valence-corrected chi connectivity index (χ0v) is 20.3. The number of rotatable bonds is 8. The van der Waals surface area contributed by atoms with Gasteiger partial charge in [-0.2, -0.15) is 5.10 Å². The van der Waals surface area contributed by atoms with E-state index in [-0.39, 0.29) is 11.7 Å². The molecule has 4 rings (SSSR count). The molecule has 0 aliphatic heterocycles. The van der Waals surface area contributed by atoms with Crippen LogP contribution in [0.3, 0.4) is 0 Å². The summed E-state index contributed by atoms with van der Waals surface area (Å²) in [5, 5.41) is 14.5. The normalized spacial score (nSPS) is 11.0. The first-order valence-corrected chi connectivity index (χ1v) is 11.8. The Morgan fingerprint density at radius 2 is 1.71 bits per heavy atom. The summed E-state index contributed by atoms with van der Waals surface area (Å²) in [5.74, 6) is 1.10. The molecule has 0 bridgehead atoms. The molecule has 0 saturated carbocycles. The average molecular weight is 512 g/mol. The second kappa shape index (κ2) is 11.2. The van der Waals surface area contributed by atoms with Crippen LogP contribution in [0.2, 0.25) is 10.0 Å². The number of carbonyl (C=O) groups excluding carboxylic acids is 1. The van der Waals surface area contributed by atoms with Gasteiger partial charge in [-0.15, -0.1) is 10.2 Å². The van der Waals surface area contributed by atoms with Gasteiger partial charge in [-0.05, 0) is 60.7 Å². The zero-order chi connectivity index (χ0) is 23.9. The lowest BCUT2D eigenvalue weighted by molar-refractivity contribution is -0.118. The second-order valence-corrected chi connectivity index (χ2v) is 8.76. The van der Waals surface area contributed by atoms with Crippen LogP contribution in [0.25, 0.3) is 17.1 Å². The van der Waals surface area contributed by atoms with E-state index in [0.29, 0.717) is 26.8 Å². The van der Waals surface area contributed by atoms with Crippen molar-refractivity contribution in [3.05, 3.63) is 88.4 Å². The minimum Gasteiger partial charge on any atom is -0.496 e. The first-order chi connectivity index (χ1) is 16.5. The van der Waals surface area contributed by atoms with Crippen molar-refractivity contribution in [2.24, 2.45) is 5.10 Å². The Labute approximate surface area is 210 Å². The van der Waals surface area contributed by atoms with E-state index in [1.165, 1.54) is 18.0 Å². The highest BCUT2D eigenvalue weighted by atomic mass is 35.5. The third-order valence-electron chi connectivity index (χ3n) is 4.68. The Hall–Kier alpha value is -3.33. The summed E-state index contributed by atoms with van der Waals surface area (Å²) in [4.78, 5) is 12.4. The summed E-state index contributed by atoms with van der Waals surface area (Å²) < 4.78 is 7.15. The van der Waals surface area contributed by atoms with Crippen LogP contribution < -0.4 is 10.2 Å². The minimum absolute atomic E-state index is 0.0929. The summed E-state index contributed by atoms with van der Waals surface area (Å²) in [7, 11) is 1.58. The van der Waals surface area contributed by atoms with Gasteiger partial charge < -0.3 is 4.74 Å². The molecular weight excluding hydrogens is 493 g/mol. The summed E-state index contributed by atoms with van der Waals surface area (Å²) in [6.45, 7) is 0. The van der Waals surface area contributed by atoms with Crippen molar-refractivity contribution in [1.82, 2.24) is 20.2 Å². The van der Waals surface area contributed by atoms with E-state index < -0.39 is 0 Å². The van der Waals surface area contributed by atoms with Gasteiger partial charge in [0.1, 0.15) is 5.75 Å². The number of ether oxygens (including phenoxy) is 1. The molecule has 1 heterocycles. The number of hydrazone groups is 1. The monoisotopic (exact) mass is 511 g/mol. The largest absolute Gasteiger partial charge is 0.496 e. The Balaban J connectivity index is 1.51. The summed E-state index contributed by atoms with van der Waals surface area (Å²) in [6.07, 6.45) is 1.54. The van der Waals surface area contributed by atoms with Crippen molar-refractivity contribution < 1.29 is 9.53 Å². The lowest BCUT2D eigenvalue weighted by Crippen LogP contribution is -2.20. The Morgan fingerprint density at radius 1 is 1.03 bits per heavy atom. The number of amides is 1. The fraction of sp³-hybridized carbons (Fsp3) is 0.0833. The predicted molar refractivity (Wildman–Crippen MR) is 136 cm³/mol. The number of benzene rings is 3. The zero-order valence-electron chi connectivity index (χ0n) is 18.0. The molecule has 0 aliphatic carbocycles. The Morgan fingerprint density at radius 3 is 2.41 bits per heavy atom. The summed E-state index contributed by atoms with van der Waals surface area (Å²) >= 11 is 13.3. The van der Waals surface area contributed by atoms with E-state index in [1.807, 2.05) is 53.1 Å². The van der Waals surface area contributed by atoms with Crippen molar-refractivity contribution in [1.29, 1.82) is 0 Å². The SMILES string of the molecule is COc1ccccc1C=NNC(=O)CSc1nnc(-c2ccc(Cl)cc2)n1-c1ccc(Cl)cc1. The Bertz CT molecular complexity index is 1310. The van der Waals surface area contributed by atoms with Gasteiger partial charge in [0.2, 0.25) is 0 Å². The van der Waals surface area contributed by atoms with E-state index >= 15 is 0 Å². The van der Waals surface area contributed by atoms with Crippen molar-refractivity contribution >= 4 is 47.1 Å². The number of aromatic nitrogens is 3. The van der Waals surface area contributed by atoms with E-state index in [1.54, 1.807) is 31.4 Å². The molecule has 10 heteroatoms. The second-order valence-electron chi connectivity index (χ2n) is 6.95. The minimum atomic E-state index is -0.283. The fourth-order valence-electron chi connectivity index (χ4n) is 3.08. The molecule has 0 radical (unpaired) electrons. The number of methoxy groups -OCH3 is 1. The first kappa shape index (κ1) is 23.8. The standard InChI is InChI=1S/C24H19Cl2N5O2S/c1-33-21-5-3-2-4-17(21)14-27-28-22(32)15-34-24-30-29-23(16-6-8-18(25)9-7-16)31(24)20-12-10-19(26)11-13-20/h2-14H,15H2,1H3,(H,28,32).